The summed E-state index contributed by atoms with van der Waals surface area (Å²) < 4.78 is 0. The average molecular weight is 537 g/mol. The van der Waals surface area contributed by atoms with E-state index in [9.17, 15) is 0 Å². The van der Waals surface area contributed by atoms with E-state index in [1.165, 1.54) is 43.4 Å². The number of nitrogens with one attached hydrogen (secondary N) is 2. The molecule has 8 aromatic carbocycles. The smallest absolute Gasteiger partial charge is 0.0470 e. The molecule has 0 saturated carbocycles. The molecule has 198 valence electrons. The van der Waals surface area contributed by atoms with Gasteiger partial charge in [-0.2, -0.15) is 0 Å². The molecule has 0 unspecified atom stereocenters. The van der Waals surface area contributed by atoms with Gasteiger partial charge < -0.3 is 10.6 Å². The molecule has 0 aliphatic rings. The van der Waals surface area contributed by atoms with Crippen molar-refractivity contribution in [1.82, 2.24) is 0 Å². The molecule has 0 saturated heterocycles. The first-order valence-corrected chi connectivity index (χ1v) is 14.4. The third-order valence-electron chi connectivity index (χ3n) is 8.18. The van der Waals surface area contributed by atoms with Crippen LogP contribution in [0.15, 0.2) is 158 Å². The van der Waals surface area contributed by atoms with Gasteiger partial charge in [-0.1, -0.05) is 121 Å². The monoisotopic (exact) mass is 536 g/mol. The van der Waals surface area contributed by atoms with E-state index in [2.05, 4.69) is 156 Å². The molecule has 2 heteroatoms. The van der Waals surface area contributed by atoms with E-state index < -0.39 is 0 Å². The van der Waals surface area contributed by atoms with Crippen molar-refractivity contribution in [2.75, 3.05) is 10.6 Å². The molecule has 0 atom stereocenters. The Hall–Kier alpha value is -5.60. The summed E-state index contributed by atoms with van der Waals surface area (Å²) in [7, 11) is 0. The second-order valence-electron chi connectivity index (χ2n) is 10.8. The van der Waals surface area contributed by atoms with E-state index >= 15 is 0 Å². The molecule has 8 aromatic rings. The highest BCUT2D eigenvalue weighted by Crippen LogP contribution is 2.42. The minimum atomic E-state index is 1.06. The van der Waals surface area contributed by atoms with Gasteiger partial charge in [-0.05, 0) is 79.8 Å². The number of hydrogen-bond donors (Lipinski definition) is 2. The van der Waals surface area contributed by atoms with Crippen LogP contribution in [0.4, 0.5) is 22.7 Å². The second-order valence-corrected chi connectivity index (χ2v) is 10.8. The maximum absolute atomic E-state index is 3.74. The number of hydrogen-bond acceptors (Lipinski definition) is 2. The van der Waals surface area contributed by atoms with E-state index in [4.69, 9.17) is 0 Å². The molecule has 0 spiro atoms. The molecule has 42 heavy (non-hydrogen) atoms. The molecule has 0 radical (unpaired) electrons. The molecule has 0 amide bonds. The molecule has 0 heterocycles. The normalized spacial score (nSPS) is 11.3. The fraction of sp³-hybridized carbons (Fsp3) is 0. The number of para-hydroxylation sites is 3. The summed E-state index contributed by atoms with van der Waals surface area (Å²) in [5, 5.41) is 15.2. The van der Waals surface area contributed by atoms with Crippen LogP contribution in [0.2, 0.25) is 0 Å². The van der Waals surface area contributed by atoms with Crippen LogP contribution in [0.3, 0.4) is 0 Å². The molecule has 0 fully saturated rings. The molecule has 0 aliphatic heterocycles. The quantitative estimate of drug-likeness (QED) is 0.207. The number of anilines is 4. The first-order chi connectivity index (χ1) is 20.8. The summed E-state index contributed by atoms with van der Waals surface area (Å²) in [5.74, 6) is 0. The SMILES string of the molecule is c1ccc(Nc2ccccc2-c2ccc(-c3ccc4ccc5cccc6ccc3c4c56)cc2Nc2ccccc2)cc1. The van der Waals surface area contributed by atoms with Crippen LogP contribution >= 0.6 is 0 Å². The third-order valence-corrected chi connectivity index (χ3v) is 8.18. The zero-order valence-corrected chi connectivity index (χ0v) is 23.0. The van der Waals surface area contributed by atoms with Crippen LogP contribution in [0.1, 0.15) is 0 Å². The first-order valence-electron chi connectivity index (χ1n) is 14.4. The van der Waals surface area contributed by atoms with Crippen molar-refractivity contribution in [3.63, 3.8) is 0 Å². The Morgan fingerprint density at radius 2 is 0.881 bits per heavy atom. The third kappa shape index (κ3) is 4.22. The molecule has 2 N–H and O–H groups in total. The Bertz CT molecular complexity index is 2170. The van der Waals surface area contributed by atoms with Crippen LogP contribution in [0.5, 0.6) is 0 Å². The van der Waals surface area contributed by atoms with E-state index in [0.29, 0.717) is 0 Å². The van der Waals surface area contributed by atoms with Gasteiger partial charge in [0.25, 0.3) is 0 Å². The highest BCUT2D eigenvalue weighted by Gasteiger charge is 2.15. The van der Waals surface area contributed by atoms with Gasteiger partial charge in [0.1, 0.15) is 0 Å². The maximum atomic E-state index is 3.74. The van der Waals surface area contributed by atoms with Crippen molar-refractivity contribution < 1.29 is 0 Å². The van der Waals surface area contributed by atoms with Crippen LogP contribution < -0.4 is 10.6 Å². The van der Waals surface area contributed by atoms with Crippen LogP contribution in [-0.2, 0) is 0 Å². The first kappa shape index (κ1) is 24.2. The van der Waals surface area contributed by atoms with Gasteiger partial charge in [0.2, 0.25) is 0 Å². The Balaban J connectivity index is 1.31. The zero-order chi connectivity index (χ0) is 27.9. The lowest BCUT2D eigenvalue weighted by Crippen LogP contribution is -1.98. The van der Waals surface area contributed by atoms with E-state index in [1.54, 1.807) is 0 Å². The lowest BCUT2D eigenvalue weighted by atomic mass is 9.89. The topological polar surface area (TPSA) is 24.1 Å². The molecule has 0 aliphatic carbocycles. The van der Waals surface area contributed by atoms with Gasteiger partial charge in [-0.3, -0.25) is 0 Å². The molecule has 2 nitrogen and oxygen atoms in total. The van der Waals surface area contributed by atoms with Crippen molar-refractivity contribution in [1.29, 1.82) is 0 Å². The second kappa shape index (κ2) is 10.1. The standard InChI is InChI=1S/C40H28N2/c1-3-12-31(13-4-1)41-37-17-8-7-16-34(37)35-24-22-30(26-38(35)42-32-14-5-2-6-15-32)33-23-20-29-19-18-27-10-9-11-28-21-25-36(33)40(29)39(27)28/h1-26,41-42H. The summed E-state index contributed by atoms with van der Waals surface area (Å²) in [4.78, 5) is 0. The fourth-order valence-corrected chi connectivity index (χ4v) is 6.22. The van der Waals surface area contributed by atoms with Gasteiger partial charge in [0.05, 0.1) is 0 Å². The Kier molecular flexibility index (Phi) is 5.82. The average Bonchev–Trinajstić information content (AvgIpc) is 3.05. The van der Waals surface area contributed by atoms with Gasteiger partial charge in [-0.25, -0.2) is 0 Å². The maximum Gasteiger partial charge on any atom is 0.0470 e. The Morgan fingerprint density at radius 1 is 0.333 bits per heavy atom. The lowest BCUT2D eigenvalue weighted by Gasteiger charge is -2.19. The Labute approximate surface area is 245 Å². The largest absolute Gasteiger partial charge is 0.355 e. The fourth-order valence-electron chi connectivity index (χ4n) is 6.22. The van der Waals surface area contributed by atoms with E-state index in [1.807, 2.05) is 12.1 Å². The van der Waals surface area contributed by atoms with Crippen LogP contribution in [-0.4, -0.2) is 0 Å². The lowest BCUT2D eigenvalue weighted by molar-refractivity contribution is 1.50. The molecular weight excluding hydrogens is 508 g/mol. The van der Waals surface area contributed by atoms with E-state index in [0.717, 1.165) is 33.9 Å². The van der Waals surface area contributed by atoms with Gasteiger partial charge >= 0.3 is 0 Å². The van der Waals surface area contributed by atoms with Crippen molar-refractivity contribution in [3.05, 3.63) is 158 Å². The summed E-state index contributed by atoms with van der Waals surface area (Å²) in [6.45, 7) is 0. The van der Waals surface area contributed by atoms with Crippen molar-refractivity contribution in [2.45, 2.75) is 0 Å². The molecule has 0 aromatic heterocycles. The Morgan fingerprint density at radius 3 is 1.62 bits per heavy atom. The van der Waals surface area contributed by atoms with Gasteiger partial charge in [0.15, 0.2) is 0 Å². The van der Waals surface area contributed by atoms with Crippen molar-refractivity contribution in [3.8, 4) is 22.3 Å². The number of benzene rings is 8. The minimum absolute atomic E-state index is 1.06. The number of rotatable bonds is 6. The van der Waals surface area contributed by atoms with Crippen LogP contribution in [0.25, 0.3) is 54.6 Å². The van der Waals surface area contributed by atoms with Crippen LogP contribution in [0, 0.1) is 0 Å². The van der Waals surface area contributed by atoms with Crippen molar-refractivity contribution >= 4 is 55.1 Å². The zero-order valence-electron chi connectivity index (χ0n) is 23.0. The predicted octanol–water partition coefficient (Wildman–Crippen LogP) is 11.4. The molecule has 0 bridgehead atoms. The molecular formula is C40H28N2. The van der Waals surface area contributed by atoms with Gasteiger partial charge in [0, 0.05) is 33.9 Å². The summed E-state index contributed by atoms with van der Waals surface area (Å²) in [6, 6.07) is 56.2. The highest BCUT2D eigenvalue weighted by atomic mass is 14.9. The summed E-state index contributed by atoms with van der Waals surface area (Å²) >= 11 is 0. The summed E-state index contributed by atoms with van der Waals surface area (Å²) in [6.07, 6.45) is 0. The highest BCUT2D eigenvalue weighted by molar-refractivity contribution is 6.25. The predicted molar refractivity (Wildman–Crippen MR) is 180 cm³/mol. The van der Waals surface area contributed by atoms with Crippen molar-refractivity contribution in [2.24, 2.45) is 0 Å². The summed E-state index contributed by atoms with van der Waals surface area (Å²) in [5.41, 5.74) is 8.94. The van der Waals surface area contributed by atoms with E-state index in [-0.39, 0.29) is 0 Å². The molecule has 8 rings (SSSR count). The minimum Gasteiger partial charge on any atom is -0.355 e. The van der Waals surface area contributed by atoms with Gasteiger partial charge in [-0.15, -0.1) is 0 Å².